The summed E-state index contributed by atoms with van der Waals surface area (Å²) in [6.07, 6.45) is 0.105. The summed E-state index contributed by atoms with van der Waals surface area (Å²) in [5, 5.41) is 3.14. The molecule has 1 N–H and O–H groups in total. The molecule has 1 fully saturated rings. The van der Waals surface area contributed by atoms with Crippen molar-refractivity contribution in [1.29, 1.82) is 0 Å². The number of benzene rings is 3. The number of anilines is 2. The van der Waals surface area contributed by atoms with Crippen LogP contribution in [0, 0.1) is 0 Å². The zero-order chi connectivity index (χ0) is 20.9. The Morgan fingerprint density at radius 1 is 0.867 bits per heavy atom. The standard InChI is InChI=1S/C24H22N2O4/c1-2-29-19-12-8-17(9-13-19)25-22-16-23(27)26(24(22)28)18-10-14-21(15-11-18)30-20-6-4-3-5-7-20/h3-15,22,25H,2,16H2,1H3. The van der Waals surface area contributed by atoms with Gasteiger partial charge in [0.2, 0.25) is 5.91 Å². The van der Waals surface area contributed by atoms with Crippen LogP contribution in [0.2, 0.25) is 0 Å². The Hall–Kier alpha value is -3.80. The largest absolute Gasteiger partial charge is 0.494 e. The van der Waals surface area contributed by atoms with Gasteiger partial charge in [0.05, 0.1) is 18.7 Å². The first-order valence-electron chi connectivity index (χ1n) is 9.83. The van der Waals surface area contributed by atoms with Gasteiger partial charge in [-0.3, -0.25) is 9.59 Å². The lowest BCUT2D eigenvalue weighted by Gasteiger charge is -2.17. The quantitative estimate of drug-likeness (QED) is 0.584. The number of carbonyl (C=O) groups is 2. The maximum Gasteiger partial charge on any atom is 0.256 e. The summed E-state index contributed by atoms with van der Waals surface area (Å²) < 4.78 is 11.2. The van der Waals surface area contributed by atoms with E-state index in [2.05, 4.69) is 5.32 Å². The van der Waals surface area contributed by atoms with Crippen molar-refractivity contribution in [1.82, 2.24) is 0 Å². The summed E-state index contributed by atoms with van der Waals surface area (Å²) in [6, 6.07) is 23.1. The minimum Gasteiger partial charge on any atom is -0.494 e. The molecule has 0 radical (unpaired) electrons. The van der Waals surface area contributed by atoms with Gasteiger partial charge in [0, 0.05) is 5.69 Å². The highest BCUT2D eigenvalue weighted by Gasteiger charge is 2.39. The molecular weight excluding hydrogens is 380 g/mol. The Balaban J connectivity index is 1.43. The second kappa shape index (κ2) is 8.69. The van der Waals surface area contributed by atoms with Crippen molar-refractivity contribution in [2.75, 3.05) is 16.8 Å². The van der Waals surface area contributed by atoms with Gasteiger partial charge in [-0.1, -0.05) is 18.2 Å². The fraction of sp³-hybridized carbons (Fsp3) is 0.167. The number of nitrogens with one attached hydrogen (secondary N) is 1. The average molecular weight is 402 g/mol. The molecule has 1 atom stereocenters. The van der Waals surface area contributed by atoms with Crippen LogP contribution in [0.1, 0.15) is 13.3 Å². The Kier molecular flexibility index (Phi) is 5.66. The van der Waals surface area contributed by atoms with Crippen LogP contribution in [0.25, 0.3) is 0 Å². The van der Waals surface area contributed by atoms with Crippen molar-refractivity contribution < 1.29 is 19.1 Å². The molecule has 1 saturated heterocycles. The van der Waals surface area contributed by atoms with Gasteiger partial charge in [-0.15, -0.1) is 0 Å². The Labute approximate surface area is 175 Å². The Bertz CT molecular complexity index is 1020. The molecule has 0 aliphatic carbocycles. The first-order valence-corrected chi connectivity index (χ1v) is 9.83. The maximum absolute atomic E-state index is 12.9. The molecule has 0 spiro atoms. The van der Waals surface area contributed by atoms with E-state index in [1.807, 2.05) is 61.5 Å². The second-order valence-corrected chi connectivity index (χ2v) is 6.83. The summed E-state index contributed by atoms with van der Waals surface area (Å²) >= 11 is 0. The van der Waals surface area contributed by atoms with Gasteiger partial charge in [-0.2, -0.15) is 0 Å². The molecule has 30 heavy (non-hydrogen) atoms. The Morgan fingerprint density at radius 3 is 2.17 bits per heavy atom. The Morgan fingerprint density at radius 2 is 1.50 bits per heavy atom. The van der Waals surface area contributed by atoms with Crippen molar-refractivity contribution >= 4 is 23.2 Å². The van der Waals surface area contributed by atoms with Crippen LogP contribution in [0.15, 0.2) is 78.9 Å². The van der Waals surface area contributed by atoms with Crippen molar-refractivity contribution in [2.24, 2.45) is 0 Å². The van der Waals surface area contributed by atoms with E-state index in [4.69, 9.17) is 9.47 Å². The summed E-state index contributed by atoms with van der Waals surface area (Å²) in [6.45, 7) is 2.51. The van der Waals surface area contributed by atoms with E-state index >= 15 is 0 Å². The van der Waals surface area contributed by atoms with Gasteiger partial charge in [0.15, 0.2) is 0 Å². The van der Waals surface area contributed by atoms with Crippen LogP contribution in [0.3, 0.4) is 0 Å². The SMILES string of the molecule is CCOc1ccc(NC2CC(=O)N(c3ccc(Oc4ccccc4)cc3)C2=O)cc1. The minimum atomic E-state index is -0.601. The molecule has 4 rings (SSSR count). The first-order chi connectivity index (χ1) is 14.6. The molecule has 6 nitrogen and oxygen atoms in total. The van der Waals surface area contributed by atoms with Gasteiger partial charge in [-0.25, -0.2) is 4.90 Å². The number of para-hydroxylation sites is 1. The summed E-state index contributed by atoms with van der Waals surface area (Å²) in [5.74, 6) is 1.60. The van der Waals surface area contributed by atoms with E-state index in [9.17, 15) is 9.59 Å². The van der Waals surface area contributed by atoms with Gasteiger partial charge in [0.25, 0.3) is 5.91 Å². The lowest BCUT2D eigenvalue weighted by molar-refractivity contribution is -0.121. The molecule has 0 aromatic heterocycles. The molecule has 2 amide bonds. The zero-order valence-electron chi connectivity index (χ0n) is 16.6. The number of carbonyl (C=O) groups excluding carboxylic acids is 2. The summed E-state index contributed by atoms with van der Waals surface area (Å²) in [5.41, 5.74) is 1.29. The molecule has 0 bridgehead atoms. The lowest BCUT2D eigenvalue weighted by atomic mass is 10.2. The van der Waals surface area contributed by atoms with Crippen LogP contribution in [0.5, 0.6) is 17.2 Å². The van der Waals surface area contributed by atoms with Crippen LogP contribution in [-0.4, -0.2) is 24.5 Å². The van der Waals surface area contributed by atoms with Crippen molar-refractivity contribution in [3.05, 3.63) is 78.9 Å². The number of nitrogens with zero attached hydrogens (tertiary/aromatic N) is 1. The molecule has 0 saturated carbocycles. The fourth-order valence-corrected chi connectivity index (χ4v) is 3.32. The minimum absolute atomic E-state index is 0.105. The van der Waals surface area contributed by atoms with E-state index in [0.29, 0.717) is 18.0 Å². The van der Waals surface area contributed by atoms with Crippen molar-refractivity contribution in [3.8, 4) is 17.2 Å². The van der Waals surface area contributed by atoms with Crippen LogP contribution in [-0.2, 0) is 9.59 Å². The molecule has 1 heterocycles. The van der Waals surface area contributed by atoms with Crippen LogP contribution < -0.4 is 19.7 Å². The smallest absolute Gasteiger partial charge is 0.256 e. The highest BCUT2D eigenvalue weighted by Crippen LogP contribution is 2.29. The van der Waals surface area contributed by atoms with Gasteiger partial charge >= 0.3 is 0 Å². The second-order valence-electron chi connectivity index (χ2n) is 6.83. The maximum atomic E-state index is 12.9. The third kappa shape index (κ3) is 4.27. The van der Waals surface area contributed by atoms with Gasteiger partial charge in [-0.05, 0) is 67.6 Å². The third-order valence-corrected chi connectivity index (χ3v) is 4.73. The van der Waals surface area contributed by atoms with E-state index in [1.165, 1.54) is 4.90 Å². The van der Waals surface area contributed by atoms with Crippen LogP contribution in [0.4, 0.5) is 11.4 Å². The van der Waals surface area contributed by atoms with Crippen molar-refractivity contribution in [3.63, 3.8) is 0 Å². The average Bonchev–Trinajstić information content (AvgIpc) is 3.04. The highest BCUT2D eigenvalue weighted by molar-refractivity contribution is 6.23. The van der Waals surface area contributed by atoms with Gasteiger partial charge in [0.1, 0.15) is 23.3 Å². The van der Waals surface area contributed by atoms with E-state index in [-0.39, 0.29) is 18.2 Å². The van der Waals surface area contributed by atoms with Gasteiger partial charge < -0.3 is 14.8 Å². The molecule has 1 aliphatic heterocycles. The van der Waals surface area contributed by atoms with Crippen molar-refractivity contribution in [2.45, 2.75) is 19.4 Å². The normalized spacial score (nSPS) is 15.9. The summed E-state index contributed by atoms with van der Waals surface area (Å²) in [4.78, 5) is 26.6. The third-order valence-electron chi connectivity index (χ3n) is 4.73. The molecule has 3 aromatic rings. The summed E-state index contributed by atoms with van der Waals surface area (Å²) in [7, 11) is 0. The highest BCUT2D eigenvalue weighted by atomic mass is 16.5. The predicted molar refractivity (Wildman–Crippen MR) is 115 cm³/mol. The number of hydrogen-bond acceptors (Lipinski definition) is 5. The first kappa shape index (κ1) is 19.5. The fourth-order valence-electron chi connectivity index (χ4n) is 3.32. The topological polar surface area (TPSA) is 67.9 Å². The molecule has 3 aromatic carbocycles. The van der Waals surface area contributed by atoms with E-state index in [0.717, 1.165) is 17.2 Å². The van der Waals surface area contributed by atoms with Crippen LogP contribution >= 0.6 is 0 Å². The number of ether oxygens (including phenoxy) is 2. The molecule has 152 valence electrons. The number of hydrogen-bond donors (Lipinski definition) is 1. The lowest BCUT2D eigenvalue weighted by Crippen LogP contribution is -2.34. The predicted octanol–water partition coefficient (Wildman–Crippen LogP) is 4.62. The number of imide groups is 1. The van der Waals surface area contributed by atoms with E-state index < -0.39 is 6.04 Å². The molecular formula is C24H22N2O4. The molecule has 1 unspecified atom stereocenters. The molecule has 1 aliphatic rings. The monoisotopic (exact) mass is 402 g/mol. The van der Waals surface area contributed by atoms with E-state index in [1.54, 1.807) is 24.3 Å². The number of amides is 2. The molecule has 6 heteroatoms. The zero-order valence-corrected chi connectivity index (χ0v) is 16.6. The number of rotatable bonds is 7.